The van der Waals surface area contributed by atoms with Gasteiger partial charge in [0, 0.05) is 29.6 Å². The lowest BCUT2D eigenvalue weighted by atomic mass is 9.80. The van der Waals surface area contributed by atoms with Crippen molar-refractivity contribution in [2.45, 2.75) is 30.7 Å². The molecule has 0 heterocycles. The Balaban J connectivity index is 1.99. The Morgan fingerprint density at radius 2 is 2.00 bits per heavy atom. The highest BCUT2D eigenvalue weighted by Gasteiger charge is 2.34. The standard InChI is InChI=1S/C14H20N2OS/c1-3-18-13-6-4-12(5-7-13)16(2)14(17)10-8-11(15)9-10/h4-7,10-11H,3,8-9,15H2,1-2H3. The molecular weight excluding hydrogens is 244 g/mol. The molecule has 3 nitrogen and oxygen atoms in total. The third-order valence-corrected chi connectivity index (χ3v) is 4.28. The molecule has 1 fully saturated rings. The maximum Gasteiger partial charge on any atom is 0.229 e. The number of carbonyl (C=O) groups excluding carboxylic acids is 1. The van der Waals surface area contributed by atoms with Crippen LogP contribution in [0.1, 0.15) is 19.8 Å². The van der Waals surface area contributed by atoms with E-state index in [1.807, 2.05) is 19.2 Å². The Hall–Kier alpha value is -1.00. The van der Waals surface area contributed by atoms with Gasteiger partial charge < -0.3 is 10.6 Å². The molecule has 0 bridgehead atoms. The largest absolute Gasteiger partial charge is 0.328 e. The molecule has 0 aromatic heterocycles. The zero-order valence-corrected chi connectivity index (χ0v) is 11.7. The Labute approximate surface area is 113 Å². The van der Waals surface area contributed by atoms with E-state index in [-0.39, 0.29) is 17.9 Å². The minimum atomic E-state index is 0.120. The second-order valence-corrected chi connectivity index (χ2v) is 6.09. The van der Waals surface area contributed by atoms with E-state index in [2.05, 4.69) is 19.1 Å². The average molecular weight is 264 g/mol. The van der Waals surface area contributed by atoms with Crippen molar-refractivity contribution < 1.29 is 4.79 Å². The number of amides is 1. The lowest BCUT2D eigenvalue weighted by molar-refractivity contribution is -0.124. The molecule has 0 radical (unpaired) electrons. The Morgan fingerprint density at radius 1 is 1.39 bits per heavy atom. The van der Waals surface area contributed by atoms with Crippen LogP contribution in [-0.4, -0.2) is 24.7 Å². The SMILES string of the molecule is CCSc1ccc(N(C)C(=O)C2CC(N)C2)cc1. The molecule has 0 aliphatic heterocycles. The maximum atomic E-state index is 12.1. The van der Waals surface area contributed by atoms with E-state index < -0.39 is 0 Å². The second kappa shape index (κ2) is 5.76. The van der Waals surface area contributed by atoms with Crippen molar-refractivity contribution in [1.82, 2.24) is 0 Å². The van der Waals surface area contributed by atoms with Gasteiger partial charge in [-0.2, -0.15) is 0 Å². The molecule has 1 amide bonds. The lowest BCUT2D eigenvalue weighted by Crippen LogP contribution is -2.45. The fourth-order valence-corrected chi connectivity index (χ4v) is 2.86. The molecule has 2 N–H and O–H groups in total. The van der Waals surface area contributed by atoms with E-state index in [0.717, 1.165) is 24.3 Å². The molecule has 1 aliphatic carbocycles. The molecule has 0 atom stereocenters. The Morgan fingerprint density at radius 3 is 2.50 bits per heavy atom. The quantitative estimate of drug-likeness (QED) is 0.850. The molecule has 98 valence electrons. The molecule has 1 aromatic rings. The predicted molar refractivity (Wildman–Crippen MR) is 76.9 cm³/mol. The summed E-state index contributed by atoms with van der Waals surface area (Å²) in [6.07, 6.45) is 1.65. The topological polar surface area (TPSA) is 46.3 Å². The zero-order valence-electron chi connectivity index (χ0n) is 10.9. The van der Waals surface area contributed by atoms with Gasteiger partial charge in [0.1, 0.15) is 0 Å². The van der Waals surface area contributed by atoms with Gasteiger partial charge in [0.2, 0.25) is 5.91 Å². The van der Waals surface area contributed by atoms with Crippen molar-refractivity contribution in [1.29, 1.82) is 0 Å². The first kappa shape index (κ1) is 13.4. The normalized spacial score (nSPS) is 22.4. The number of hydrogen-bond donors (Lipinski definition) is 1. The number of rotatable bonds is 4. The van der Waals surface area contributed by atoms with Crippen LogP contribution in [0.25, 0.3) is 0 Å². The average Bonchev–Trinajstić information content (AvgIpc) is 2.35. The summed E-state index contributed by atoms with van der Waals surface area (Å²) >= 11 is 1.81. The summed E-state index contributed by atoms with van der Waals surface area (Å²) in [4.78, 5) is 15.1. The number of benzene rings is 1. The summed E-state index contributed by atoms with van der Waals surface area (Å²) in [7, 11) is 1.84. The summed E-state index contributed by atoms with van der Waals surface area (Å²) in [6.45, 7) is 2.13. The van der Waals surface area contributed by atoms with E-state index in [4.69, 9.17) is 5.73 Å². The van der Waals surface area contributed by atoms with Gasteiger partial charge in [0.05, 0.1) is 0 Å². The minimum Gasteiger partial charge on any atom is -0.328 e. The van der Waals surface area contributed by atoms with Crippen LogP contribution < -0.4 is 10.6 Å². The summed E-state index contributed by atoms with van der Waals surface area (Å²) < 4.78 is 0. The fourth-order valence-electron chi connectivity index (χ4n) is 2.20. The molecule has 2 rings (SSSR count). The number of anilines is 1. The van der Waals surface area contributed by atoms with Gasteiger partial charge in [-0.1, -0.05) is 6.92 Å². The van der Waals surface area contributed by atoms with Crippen molar-refractivity contribution in [3.8, 4) is 0 Å². The third kappa shape index (κ3) is 2.87. The first-order chi connectivity index (χ1) is 8.61. The van der Waals surface area contributed by atoms with Crippen LogP contribution in [0.4, 0.5) is 5.69 Å². The monoisotopic (exact) mass is 264 g/mol. The van der Waals surface area contributed by atoms with Crippen molar-refractivity contribution in [3.63, 3.8) is 0 Å². The number of thioether (sulfide) groups is 1. The minimum absolute atomic E-state index is 0.120. The predicted octanol–water partition coefficient (Wildman–Crippen LogP) is 2.50. The third-order valence-electron chi connectivity index (χ3n) is 3.39. The van der Waals surface area contributed by atoms with Crippen molar-refractivity contribution in [3.05, 3.63) is 24.3 Å². The van der Waals surface area contributed by atoms with Crippen molar-refractivity contribution in [2.24, 2.45) is 11.7 Å². The van der Waals surface area contributed by atoms with Crippen LogP contribution in [-0.2, 0) is 4.79 Å². The highest BCUT2D eigenvalue weighted by atomic mass is 32.2. The highest BCUT2D eigenvalue weighted by Crippen LogP contribution is 2.29. The summed E-state index contributed by atoms with van der Waals surface area (Å²) in [5.41, 5.74) is 6.68. The number of nitrogens with zero attached hydrogens (tertiary/aromatic N) is 1. The van der Waals surface area contributed by atoms with Crippen molar-refractivity contribution >= 4 is 23.4 Å². The van der Waals surface area contributed by atoms with Gasteiger partial charge in [0.25, 0.3) is 0 Å². The van der Waals surface area contributed by atoms with E-state index in [1.165, 1.54) is 4.90 Å². The first-order valence-electron chi connectivity index (χ1n) is 6.37. The van der Waals surface area contributed by atoms with Crippen molar-refractivity contribution in [2.75, 3.05) is 17.7 Å². The van der Waals surface area contributed by atoms with Gasteiger partial charge in [-0.15, -0.1) is 11.8 Å². The molecule has 0 unspecified atom stereocenters. The molecule has 0 saturated heterocycles. The van der Waals surface area contributed by atoms with E-state index in [9.17, 15) is 4.79 Å². The molecule has 18 heavy (non-hydrogen) atoms. The van der Waals surface area contributed by atoms with Crippen LogP contribution in [0.3, 0.4) is 0 Å². The van der Waals surface area contributed by atoms with Crippen LogP contribution in [0.5, 0.6) is 0 Å². The Bertz CT molecular complexity index is 412. The second-order valence-electron chi connectivity index (χ2n) is 4.75. The molecular formula is C14H20N2OS. The van der Waals surface area contributed by atoms with Crippen LogP contribution in [0.15, 0.2) is 29.2 Å². The summed E-state index contributed by atoms with van der Waals surface area (Å²) in [6, 6.07) is 8.37. The number of carbonyl (C=O) groups is 1. The van der Waals surface area contributed by atoms with E-state index in [0.29, 0.717) is 0 Å². The molecule has 1 saturated carbocycles. The molecule has 0 spiro atoms. The summed E-state index contributed by atoms with van der Waals surface area (Å²) in [5, 5.41) is 0. The molecule has 4 heteroatoms. The number of hydrogen-bond acceptors (Lipinski definition) is 3. The van der Waals surface area contributed by atoms with Crippen LogP contribution >= 0.6 is 11.8 Å². The highest BCUT2D eigenvalue weighted by molar-refractivity contribution is 7.99. The van der Waals surface area contributed by atoms with Gasteiger partial charge in [-0.05, 0) is 42.9 Å². The number of nitrogens with two attached hydrogens (primary N) is 1. The van der Waals surface area contributed by atoms with E-state index in [1.54, 1.807) is 16.7 Å². The van der Waals surface area contributed by atoms with Crippen LogP contribution in [0, 0.1) is 5.92 Å². The molecule has 1 aliphatic rings. The van der Waals surface area contributed by atoms with Gasteiger partial charge in [-0.25, -0.2) is 0 Å². The fraction of sp³-hybridized carbons (Fsp3) is 0.500. The van der Waals surface area contributed by atoms with Gasteiger partial charge in [-0.3, -0.25) is 4.79 Å². The lowest BCUT2D eigenvalue weighted by Gasteiger charge is -2.34. The van der Waals surface area contributed by atoms with Gasteiger partial charge in [0.15, 0.2) is 0 Å². The smallest absolute Gasteiger partial charge is 0.229 e. The zero-order chi connectivity index (χ0) is 13.1. The summed E-state index contributed by atoms with van der Waals surface area (Å²) in [5.74, 6) is 1.37. The maximum absolute atomic E-state index is 12.1. The first-order valence-corrected chi connectivity index (χ1v) is 7.36. The van der Waals surface area contributed by atoms with E-state index >= 15 is 0 Å². The Kier molecular flexibility index (Phi) is 4.30. The van der Waals surface area contributed by atoms with Crippen LogP contribution in [0.2, 0.25) is 0 Å². The molecule has 1 aromatic carbocycles. The van der Waals surface area contributed by atoms with Gasteiger partial charge >= 0.3 is 0 Å².